The van der Waals surface area contributed by atoms with Gasteiger partial charge < -0.3 is 15.2 Å². The maximum atomic E-state index is 11.9. The minimum Gasteiger partial charge on any atom is -0.369 e. The number of rotatable bonds is 3. The number of nitrogen functional groups attached to an aromatic ring is 1. The van der Waals surface area contributed by atoms with Crippen LogP contribution < -0.4 is 5.73 Å². The molecule has 96 valence electrons. The predicted molar refractivity (Wildman–Crippen MR) is 80.2 cm³/mol. The zero-order chi connectivity index (χ0) is 13.3. The molecule has 2 rings (SSSR count). The lowest BCUT2D eigenvalue weighted by atomic mass is 10.3. The third-order valence-electron chi connectivity index (χ3n) is 2.93. The molecule has 18 heavy (non-hydrogen) atoms. The fourth-order valence-corrected chi connectivity index (χ4v) is 2.19. The Balaban J connectivity index is 2.39. The van der Waals surface area contributed by atoms with Crippen LogP contribution >= 0.6 is 22.6 Å². The van der Waals surface area contributed by atoms with Gasteiger partial charge in [-0.1, -0.05) is 0 Å². The molecule has 2 N–H and O–H groups in total. The summed E-state index contributed by atoms with van der Waals surface area (Å²) in [6, 6.07) is 5.88. The number of nitrogens with two attached hydrogens (primary N) is 1. The third-order valence-corrected chi connectivity index (χ3v) is 3.60. The monoisotopic (exact) mass is 358 g/mol. The van der Waals surface area contributed by atoms with Crippen LogP contribution in [-0.4, -0.2) is 34.0 Å². The molecule has 0 atom stereocenters. The molecule has 0 aliphatic heterocycles. The number of amides is 1. The SMILES string of the molecule is CCN(C)C(=O)Cn1c(N)nc2cc(I)ccc21. The van der Waals surface area contributed by atoms with E-state index >= 15 is 0 Å². The van der Waals surface area contributed by atoms with Crippen LogP contribution in [0.4, 0.5) is 5.95 Å². The van der Waals surface area contributed by atoms with Crippen LogP contribution in [0, 0.1) is 3.57 Å². The Kier molecular flexibility index (Phi) is 3.74. The van der Waals surface area contributed by atoms with Crippen molar-refractivity contribution in [2.45, 2.75) is 13.5 Å². The van der Waals surface area contributed by atoms with E-state index in [0.29, 0.717) is 12.5 Å². The zero-order valence-electron chi connectivity index (χ0n) is 10.4. The Bertz CT molecular complexity index is 593. The van der Waals surface area contributed by atoms with Crippen molar-refractivity contribution >= 4 is 45.5 Å². The minimum absolute atomic E-state index is 0.0297. The molecule has 0 bridgehead atoms. The molecule has 1 aromatic heterocycles. The number of likely N-dealkylation sites (N-methyl/N-ethyl adjacent to an activating group) is 1. The van der Waals surface area contributed by atoms with Crippen molar-refractivity contribution in [2.75, 3.05) is 19.3 Å². The van der Waals surface area contributed by atoms with Crippen molar-refractivity contribution in [2.24, 2.45) is 0 Å². The van der Waals surface area contributed by atoms with Gasteiger partial charge in [-0.2, -0.15) is 0 Å². The number of carbonyl (C=O) groups excluding carboxylic acids is 1. The van der Waals surface area contributed by atoms with Crippen LogP contribution in [-0.2, 0) is 11.3 Å². The number of carbonyl (C=O) groups is 1. The van der Waals surface area contributed by atoms with Crippen molar-refractivity contribution in [1.29, 1.82) is 0 Å². The molecule has 0 fully saturated rings. The van der Waals surface area contributed by atoms with Gasteiger partial charge >= 0.3 is 0 Å². The second-order valence-electron chi connectivity index (χ2n) is 4.10. The first-order valence-corrected chi connectivity index (χ1v) is 6.76. The first-order chi connectivity index (χ1) is 8.52. The summed E-state index contributed by atoms with van der Waals surface area (Å²) in [7, 11) is 1.78. The van der Waals surface area contributed by atoms with E-state index < -0.39 is 0 Å². The molecule has 1 heterocycles. The Morgan fingerprint density at radius 3 is 2.94 bits per heavy atom. The normalized spacial score (nSPS) is 10.8. The standard InChI is InChI=1S/C12H15IN4O/c1-3-16(2)11(18)7-17-10-5-4-8(13)6-9(10)15-12(17)14/h4-6H,3,7H2,1-2H3,(H2,14,15). The van der Waals surface area contributed by atoms with Gasteiger partial charge in [-0.05, 0) is 47.7 Å². The van der Waals surface area contributed by atoms with Gasteiger partial charge in [0.2, 0.25) is 11.9 Å². The molecule has 0 aliphatic rings. The number of hydrogen-bond donors (Lipinski definition) is 1. The Morgan fingerprint density at radius 1 is 1.56 bits per heavy atom. The highest BCUT2D eigenvalue weighted by Gasteiger charge is 2.13. The van der Waals surface area contributed by atoms with Gasteiger partial charge in [0.1, 0.15) is 6.54 Å². The summed E-state index contributed by atoms with van der Waals surface area (Å²) >= 11 is 2.23. The maximum absolute atomic E-state index is 11.9. The number of nitrogens with zero attached hydrogens (tertiary/aromatic N) is 3. The van der Waals surface area contributed by atoms with E-state index in [-0.39, 0.29) is 12.5 Å². The lowest BCUT2D eigenvalue weighted by molar-refractivity contribution is -0.130. The fourth-order valence-electron chi connectivity index (χ4n) is 1.72. The molecule has 0 saturated carbocycles. The Hall–Kier alpha value is -1.31. The molecule has 0 saturated heterocycles. The number of hydrogen-bond acceptors (Lipinski definition) is 3. The highest BCUT2D eigenvalue weighted by Crippen LogP contribution is 2.20. The van der Waals surface area contributed by atoms with Crippen LogP contribution in [0.25, 0.3) is 11.0 Å². The van der Waals surface area contributed by atoms with Gasteiger partial charge in [-0.3, -0.25) is 4.79 Å². The highest BCUT2D eigenvalue weighted by molar-refractivity contribution is 14.1. The average molecular weight is 358 g/mol. The van der Waals surface area contributed by atoms with Crippen molar-refractivity contribution in [1.82, 2.24) is 14.5 Å². The fraction of sp³-hybridized carbons (Fsp3) is 0.333. The quantitative estimate of drug-likeness (QED) is 0.850. The molecular weight excluding hydrogens is 343 g/mol. The topological polar surface area (TPSA) is 64.2 Å². The molecule has 0 unspecified atom stereocenters. The number of benzene rings is 1. The molecule has 1 amide bonds. The minimum atomic E-state index is 0.0297. The third kappa shape index (κ3) is 2.43. The summed E-state index contributed by atoms with van der Waals surface area (Å²) in [5.41, 5.74) is 7.59. The van der Waals surface area contributed by atoms with E-state index in [4.69, 9.17) is 5.73 Å². The molecule has 0 spiro atoms. The van der Waals surface area contributed by atoms with Crippen molar-refractivity contribution in [3.8, 4) is 0 Å². The number of anilines is 1. The lowest BCUT2D eigenvalue weighted by Crippen LogP contribution is -2.30. The van der Waals surface area contributed by atoms with Gasteiger partial charge in [-0.25, -0.2) is 4.98 Å². The second kappa shape index (κ2) is 5.13. The molecule has 2 aromatic rings. The maximum Gasteiger partial charge on any atom is 0.242 e. The van der Waals surface area contributed by atoms with E-state index in [1.807, 2.05) is 25.1 Å². The summed E-state index contributed by atoms with van der Waals surface area (Å²) in [5.74, 6) is 0.409. The van der Waals surface area contributed by atoms with Crippen LogP contribution in [0.15, 0.2) is 18.2 Å². The molecular formula is C12H15IN4O. The average Bonchev–Trinajstić information content (AvgIpc) is 2.64. The first kappa shape index (κ1) is 13.1. The summed E-state index contributed by atoms with van der Waals surface area (Å²) < 4.78 is 2.85. The molecule has 6 heteroatoms. The number of imidazole rings is 1. The van der Waals surface area contributed by atoms with Gasteiger partial charge in [0.05, 0.1) is 11.0 Å². The lowest BCUT2D eigenvalue weighted by Gasteiger charge is -2.15. The summed E-state index contributed by atoms with van der Waals surface area (Å²) in [5, 5.41) is 0. The van der Waals surface area contributed by atoms with Crippen LogP contribution in [0.3, 0.4) is 0 Å². The Morgan fingerprint density at radius 2 is 2.28 bits per heavy atom. The second-order valence-corrected chi connectivity index (χ2v) is 5.34. The molecule has 1 aromatic carbocycles. The summed E-state index contributed by atoms with van der Waals surface area (Å²) in [6.45, 7) is 2.85. The Labute approximate surface area is 119 Å². The molecule has 0 radical (unpaired) electrons. The number of halogens is 1. The van der Waals surface area contributed by atoms with Gasteiger partial charge in [0, 0.05) is 17.2 Å². The van der Waals surface area contributed by atoms with Crippen molar-refractivity contribution in [3.05, 3.63) is 21.8 Å². The van der Waals surface area contributed by atoms with Gasteiger partial charge in [0.15, 0.2) is 0 Å². The largest absolute Gasteiger partial charge is 0.369 e. The van der Waals surface area contributed by atoms with E-state index in [0.717, 1.165) is 14.6 Å². The highest BCUT2D eigenvalue weighted by atomic mass is 127. The predicted octanol–water partition coefficient (Wildman–Crippen LogP) is 1.70. The van der Waals surface area contributed by atoms with E-state index in [1.165, 1.54) is 0 Å². The van der Waals surface area contributed by atoms with Crippen LogP contribution in [0.5, 0.6) is 0 Å². The van der Waals surface area contributed by atoms with E-state index in [1.54, 1.807) is 16.5 Å². The van der Waals surface area contributed by atoms with Crippen molar-refractivity contribution < 1.29 is 4.79 Å². The van der Waals surface area contributed by atoms with E-state index in [9.17, 15) is 4.79 Å². The smallest absolute Gasteiger partial charge is 0.242 e. The summed E-state index contributed by atoms with van der Waals surface area (Å²) in [6.07, 6.45) is 0. The first-order valence-electron chi connectivity index (χ1n) is 5.68. The van der Waals surface area contributed by atoms with Gasteiger partial charge in [0.25, 0.3) is 0 Å². The van der Waals surface area contributed by atoms with Crippen LogP contribution in [0.1, 0.15) is 6.92 Å². The van der Waals surface area contributed by atoms with Crippen LogP contribution in [0.2, 0.25) is 0 Å². The number of fused-ring (bicyclic) bond motifs is 1. The molecule has 0 aliphatic carbocycles. The zero-order valence-corrected chi connectivity index (χ0v) is 12.5. The van der Waals surface area contributed by atoms with E-state index in [2.05, 4.69) is 27.6 Å². The molecule has 5 nitrogen and oxygen atoms in total. The number of aromatic nitrogens is 2. The summed E-state index contributed by atoms with van der Waals surface area (Å²) in [4.78, 5) is 17.9. The van der Waals surface area contributed by atoms with Crippen molar-refractivity contribution in [3.63, 3.8) is 0 Å². The van der Waals surface area contributed by atoms with Gasteiger partial charge in [-0.15, -0.1) is 0 Å².